The van der Waals surface area contributed by atoms with Crippen molar-refractivity contribution in [2.75, 3.05) is 18.9 Å². The Balaban J connectivity index is 2.10. The number of amides is 1. The summed E-state index contributed by atoms with van der Waals surface area (Å²) >= 11 is 0. The highest BCUT2D eigenvalue weighted by molar-refractivity contribution is 5.69. The molecule has 2 rings (SSSR count). The van der Waals surface area contributed by atoms with E-state index < -0.39 is 5.60 Å². The van der Waals surface area contributed by atoms with Crippen molar-refractivity contribution in [2.24, 2.45) is 5.90 Å². The smallest absolute Gasteiger partial charge is 0.410 e. The van der Waals surface area contributed by atoms with Crippen molar-refractivity contribution < 1.29 is 14.4 Å². The second kappa shape index (κ2) is 5.90. The van der Waals surface area contributed by atoms with Gasteiger partial charge in [-0.3, -0.25) is 0 Å². The molecule has 0 aromatic carbocycles. The summed E-state index contributed by atoms with van der Waals surface area (Å²) in [4.78, 5) is 22.7. The number of hydrogen-bond acceptors (Lipinski definition) is 6. The molecular formula is C13H23N5O3. The predicted octanol–water partition coefficient (Wildman–Crippen LogP) is 0.906. The number of aromatic nitrogens is 2. The summed E-state index contributed by atoms with van der Waals surface area (Å²) in [5, 5.41) is 0. The van der Waals surface area contributed by atoms with Crippen LogP contribution < -0.4 is 11.6 Å². The van der Waals surface area contributed by atoms with Crippen LogP contribution in [0.25, 0.3) is 0 Å². The van der Waals surface area contributed by atoms with Crippen LogP contribution in [-0.2, 0) is 9.57 Å². The van der Waals surface area contributed by atoms with Crippen LogP contribution in [0.1, 0.15) is 33.2 Å². The summed E-state index contributed by atoms with van der Waals surface area (Å²) in [6, 6.07) is -0.0408. The van der Waals surface area contributed by atoms with Gasteiger partial charge >= 0.3 is 6.09 Å². The molecule has 2 heterocycles. The molecule has 0 aliphatic carbocycles. The van der Waals surface area contributed by atoms with Gasteiger partial charge in [-0.2, -0.15) is 0 Å². The highest BCUT2D eigenvalue weighted by Crippen LogP contribution is 2.29. The SMILES string of the molecule is CC(C)(C)OC(=O)N1CC(n2cnc(N)c2)C[C@H]1CON. The van der Waals surface area contributed by atoms with Crippen LogP contribution >= 0.6 is 0 Å². The number of nitrogen functional groups attached to an aromatic ring is 1. The average molecular weight is 297 g/mol. The van der Waals surface area contributed by atoms with Crippen molar-refractivity contribution in [1.82, 2.24) is 14.5 Å². The zero-order valence-corrected chi connectivity index (χ0v) is 12.7. The number of rotatable bonds is 3. The van der Waals surface area contributed by atoms with Crippen LogP contribution in [0.4, 0.5) is 10.6 Å². The van der Waals surface area contributed by atoms with E-state index in [1.807, 2.05) is 25.3 Å². The Morgan fingerprint density at radius 3 is 2.76 bits per heavy atom. The standard InChI is InChI=1S/C13H23N5O3/c1-13(2,3)21-12(19)18-5-9(4-10(18)7-20-15)17-6-11(14)16-8-17/h6,8-10H,4-5,7,14-15H2,1-3H3/t9?,10-/m0/s1. The summed E-state index contributed by atoms with van der Waals surface area (Å²) in [6.45, 7) is 6.29. The van der Waals surface area contributed by atoms with E-state index in [2.05, 4.69) is 4.98 Å². The number of carbonyl (C=O) groups excluding carboxylic acids is 1. The molecule has 1 aromatic rings. The van der Waals surface area contributed by atoms with Gasteiger partial charge in [0.1, 0.15) is 11.4 Å². The Bertz CT molecular complexity index is 496. The number of nitrogens with two attached hydrogens (primary N) is 2. The first-order valence-corrected chi connectivity index (χ1v) is 6.90. The molecule has 0 saturated carbocycles. The van der Waals surface area contributed by atoms with E-state index in [4.69, 9.17) is 21.2 Å². The molecule has 4 N–H and O–H groups in total. The number of ether oxygens (including phenoxy) is 1. The fraction of sp³-hybridized carbons (Fsp3) is 0.692. The summed E-state index contributed by atoms with van der Waals surface area (Å²) in [5.41, 5.74) is 5.10. The van der Waals surface area contributed by atoms with Crippen LogP contribution in [0.15, 0.2) is 12.5 Å². The van der Waals surface area contributed by atoms with Crippen LogP contribution in [-0.4, -0.2) is 45.3 Å². The molecular weight excluding hydrogens is 274 g/mol. The number of anilines is 1. The molecule has 1 saturated heterocycles. The second-order valence-electron chi connectivity index (χ2n) is 6.26. The lowest BCUT2D eigenvalue weighted by atomic mass is 10.2. The minimum Gasteiger partial charge on any atom is -0.444 e. The summed E-state index contributed by atoms with van der Waals surface area (Å²) < 4.78 is 7.33. The summed E-state index contributed by atoms with van der Waals surface area (Å²) in [5.74, 6) is 5.62. The third-order valence-electron chi connectivity index (χ3n) is 3.35. The summed E-state index contributed by atoms with van der Waals surface area (Å²) in [6.07, 6.45) is 3.77. The average Bonchev–Trinajstić information content (AvgIpc) is 2.94. The van der Waals surface area contributed by atoms with Gasteiger partial charge < -0.3 is 24.8 Å². The molecule has 1 amide bonds. The van der Waals surface area contributed by atoms with Gasteiger partial charge in [-0.25, -0.2) is 15.7 Å². The lowest BCUT2D eigenvalue weighted by Gasteiger charge is -2.28. The number of nitrogens with zero attached hydrogens (tertiary/aromatic N) is 3. The van der Waals surface area contributed by atoms with Gasteiger partial charge in [-0.1, -0.05) is 0 Å². The normalized spacial score (nSPS) is 22.6. The van der Waals surface area contributed by atoms with E-state index in [9.17, 15) is 4.79 Å². The quantitative estimate of drug-likeness (QED) is 0.803. The Labute approximate surface area is 123 Å². The maximum Gasteiger partial charge on any atom is 0.410 e. The molecule has 1 aromatic heterocycles. The third kappa shape index (κ3) is 3.85. The molecule has 1 fully saturated rings. The lowest BCUT2D eigenvalue weighted by Crippen LogP contribution is -2.42. The van der Waals surface area contributed by atoms with Crippen molar-refractivity contribution in [3.8, 4) is 0 Å². The van der Waals surface area contributed by atoms with E-state index in [0.717, 1.165) is 0 Å². The largest absolute Gasteiger partial charge is 0.444 e. The lowest BCUT2D eigenvalue weighted by molar-refractivity contribution is 0.0104. The van der Waals surface area contributed by atoms with Gasteiger partial charge in [-0.15, -0.1) is 0 Å². The third-order valence-corrected chi connectivity index (χ3v) is 3.35. The van der Waals surface area contributed by atoms with Gasteiger partial charge in [-0.05, 0) is 27.2 Å². The molecule has 1 aliphatic heterocycles. The molecule has 8 nitrogen and oxygen atoms in total. The molecule has 0 spiro atoms. The maximum absolute atomic E-state index is 12.3. The Hall–Kier alpha value is -1.80. The number of imidazole rings is 1. The van der Waals surface area contributed by atoms with Crippen LogP contribution in [0, 0.1) is 0 Å². The van der Waals surface area contributed by atoms with Crippen LogP contribution in [0.2, 0.25) is 0 Å². The second-order valence-corrected chi connectivity index (χ2v) is 6.26. The van der Waals surface area contributed by atoms with E-state index in [1.54, 1.807) is 17.4 Å². The van der Waals surface area contributed by atoms with Crippen molar-refractivity contribution in [3.63, 3.8) is 0 Å². The molecule has 1 unspecified atom stereocenters. The highest BCUT2D eigenvalue weighted by Gasteiger charge is 2.38. The molecule has 0 radical (unpaired) electrons. The Morgan fingerprint density at radius 1 is 1.52 bits per heavy atom. The topological polar surface area (TPSA) is 109 Å². The van der Waals surface area contributed by atoms with Gasteiger partial charge in [0.2, 0.25) is 0 Å². The number of hydrogen-bond donors (Lipinski definition) is 2. The van der Waals surface area contributed by atoms with Gasteiger partial charge in [0.05, 0.1) is 25.0 Å². The minimum atomic E-state index is -0.539. The van der Waals surface area contributed by atoms with Gasteiger partial charge in [0, 0.05) is 12.7 Å². The number of likely N-dealkylation sites (tertiary alicyclic amines) is 1. The first-order valence-electron chi connectivity index (χ1n) is 6.90. The fourth-order valence-corrected chi connectivity index (χ4v) is 2.47. The first kappa shape index (κ1) is 15.6. The first-order chi connectivity index (χ1) is 9.80. The molecule has 0 bridgehead atoms. The van der Waals surface area contributed by atoms with Crippen molar-refractivity contribution in [2.45, 2.75) is 44.9 Å². The maximum atomic E-state index is 12.3. The monoisotopic (exact) mass is 297 g/mol. The van der Waals surface area contributed by atoms with E-state index in [0.29, 0.717) is 18.8 Å². The fourth-order valence-electron chi connectivity index (χ4n) is 2.47. The zero-order chi connectivity index (χ0) is 15.6. The van der Waals surface area contributed by atoms with Crippen molar-refractivity contribution >= 4 is 11.9 Å². The van der Waals surface area contributed by atoms with Crippen LogP contribution in [0.3, 0.4) is 0 Å². The minimum absolute atomic E-state index is 0.0856. The molecule has 118 valence electrons. The van der Waals surface area contributed by atoms with Crippen molar-refractivity contribution in [1.29, 1.82) is 0 Å². The van der Waals surface area contributed by atoms with Crippen LogP contribution in [0.5, 0.6) is 0 Å². The predicted molar refractivity (Wildman–Crippen MR) is 77.2 cm³/mol. The molecule has 21 heavy (non-hydrogen) atoms. The number of carbonyl (C=O) groups is 1. The molecule has 8 heteroatoms. The molecule has 2 atom stereocenters. The Morgan fingerprint density at radius 2 is 2.24 bits per heavy atom. The van der Waals surface area contributed by atoms with Crippen molar-refractivity contribution in [3.05, 3.63) is 12.5 Å². The van der Waals surface area contributed by atoms with E-state index in [-0.39, 0.29) is 24.8 Å². The highest BCUT2D eigenvalue weighted by atomic mass is 16.6. The Kier molecular flexibility index (Phi) is 4.38. The summed E-state index contributed by atoms with van der Waals surface area (Å²) in [7, 11) is 0. The van der Waals surface area contributed by atoms with Gasteiger partial charge in [0.15, 0.2) is 0 Å². The van der Waals surface area contributed by atoms with E-state index >= 15 is 0 Å². The molecule has 1 aliphatic rings. The van der Waals surface area contributed by atoms with Gasteiger partial charge in [0.25, 0.3) is 0 Å². The zero-order valence-electron chi connectivity index (χ0n) is 12.7. The van der Waals surface area contributed by atoms with E-state index in [1.165, 1.54) is 0 Å².